The van der Waals surface area contributed by atoms with Crippen LogP contribution in [0.1, 0.15) is 11.1 Å². The molecule has 0 saturated heterocycles. The Labute approximate surface area is 126 Å². The standard InChI is InChI=1S/C16H20N2O2S/c1-18(21(17,19)20)16(12-14-8-4-2-5-9-14)13-15-10-6-3-7-11-15/h2-11,16H,12-13H2,1H3,(H2,17,19,20). The summed E-state index contributed by atoms with van der Waals surface area (Å²) in [7, 11) is -2.18. The zero-order valence-electron chi connectivity index (χ0n) is 12.0. The van der Waals surface area contributed by atoms with Crippen LogP contribution in [0.15, 0.2) is 60.7 Å². The van der Waals surface area contributed by atoms with Crippen molar-refractivity contribution in [3.8, 4) is 0 Å². The average Bonchev–Trinajstić information content (AvgIpc) is 2.47. The van der Waals surface area contributed by atoms with Crippen LogP contribution in [0.3, 0.4) is 0 Å². The van der Waals surface area contributed by atoms with Gasteiger partial charge < -0.3 is 0 Å². The summed E-state index contributed by atoms with van der Waals surface area (Å²) in [6.07, 6.45) is 1.26. The molecule has 4 nitrogen and oxygen atoms in total. The summed E-state index contributed by atoms with van der Waals surface area (Å²) in [4.78, 5) is 0. The quantitative estimate of drug-likeness (QED) is 0.887. The topological polar surface area (TPSA) is 63.4 Å². The smallest absolute Gasteiger partial charge is 0.216 e. The molecule has 21 heavy (non-hydrogen) atoms. The minimum absolute atomic E-state index is 0.204. The van der Waals surface area contributed by atoms with Crippen LogP contribution in [-0.4, -0.2) is 25.8 Å². The van der Waals surface area contributed by atoms with Gasteiger partial charge >= 0.3 is 0 Å². The number of hydrogen-bond acceptors (Lipinski definition) is 2. The summed E-state index contributed by atoms with van der Waals surface area (Å²) in [5, 5.41) is 5.29. The van der Waals surface area contributed by atoms with Crippen molar-refractivity contribution < 1.29 is 8.42 Å². The minimum atomic E-state index is -3.71. The van der Waals surface area contributed by atoms with Crippen molar-refractivity contribution in [1.82, 2.24) is 4.31 Å². The molecule has 2 rings (SSSR count). The van der Waals surface area contributed by atoms with Crippen molar-refractivity contribution in [2.45, 2.75) is 18.9 Å². The lowest BCUT2D eigenvalue weighted by Gasteiger charge is -2.26. The molecule has 0 saturated carbocycles. The van der Waals surface area contributed by atoms with Gasteiger partial charge in [-0.3, -0.25) is 0 Å². The number of nitrogens with two attached hydrogens (primary N) is 1. The first-order chi connectivity index (χ1) is 9.97. The highest BCUT2D eigenvalue weighted by Gasteiger charge is 2.23. The summed E-state index contributed by atoms with van der Waals surface area (Å²) >= 11 is 0. The molecule has 2 aromatic carbocycles. The highest BCUT2D eigenvalue weighted by Crippen LogP contribution is 2.15. The molecule has 0 aliphatic carbocycles. The van der Waals surface area contributed by atoms with Gasteiger partial charge in [-0.2, -0.15) is 12.7 Å². The maximum atomic E-state index is 11.7. The van der Waals surface area contributed by atoms with Crippen molar-refractivity contribution in [3.63, 3.8) is 0 Å². The molecule has 0 bridgehead atoms. The van der Waals surface area contributed by atoms with Crippen LogP contribution in [-0.2, 0) is 23.1 Å². The van der Waals surface area contributed by atoms with E-state index in [1.165, 1.54) is 11.4 Å². The molecule has 0 aromatic heterocycles. The highest BCUT2D eigenvalue weighted by atomic mass is 32.2. The van der Waals surface area contributed by atoms with E-state index in [-0.39, 0.29) is 6.04 Å². The lowest BCUT2D eigenvalue weighted by Crippen LogP contribution is -2.43. The molecule has 0 aliphatic rings. The summed E-state index contributed by atoms with van der Waals surface area (Å²) in [5.41, 5.74) is 2.18. The van der Waals surface area contributed by atoms with E-state index >= 15 is 0 Å². The predicted octanol–water partition coefficient (Wildman–Crippen LogP) is 1.98. The molecule has 0 amide bonds. The zero-order chi connectivity index (χ0) is 15.3. The van der Waals surface area contributed by atoms with Crippen LogP contribution in [0.25, 0.3) is 0 Å². The van der Waals surface area contributed by atoms with E-state index in [1.54, 1.807) is 0 Å². The molecule has 2 N–H and O–H groups in total. The monoisotopic (exact) mass is 304 g/mol. The van der Waals surface area contributed by atoms with Gasteiger partial charge in [-0.25, -0.2) is 5.14 Å². The number of likely N-dealkylation sites (N-methyl/N-ethyl adjacent to an activating group) is 1. The van der Waals surface area contributed by atoms with Crippen LogP contribution in [0, 0.1) is 0 Å². The third kappa shape index (κ3) is 4.67. The summed E-state index contributed by atoms with van der Waals surface area (Å²) < 4.78 is 24.6. The lowest BCUT2D eigenvalue weighted by molar-refractivity contribution is 0.363. The van der Waals surface area contributed by atoms with Crippen molar-refractivity contribution in [2.75, 3.05) is 7.05 Å². The van der Waals surface area contributed by atoms with Crippen molar-refractivity contribution in [1.29, 1.82) is 0 Å². The maximum absolute atomic E-state index is 11.7. The Morgan fingerprint density at radius 3 is 1.62 bits per heavy atom. The molecular formula is C16H20N2O2S. The SMILES string of the molecule is CN(C(Cc1ccccc1)Cc1ccccc1)S(N)(=O)=O. The second kappa shape index (κ2) is 6.85. The van der Waals surface area contributed by atoms with E-state index in [0.717, 1.165) is 11.1 Å². The van der Waals surface area contributed by atoms with Gasteiger partial charge in [0.05, 0.1) is 0 Å². The molecule has 2 aromatic rings. The average molecular weight is 304 g/mol. The van der Waals surface area contributed by atoms with Gasteiger partial charge in [0, 0.05) is 13.1 Å². The Hall–Kier alpha value is -1.69. The molecule has 0 aliphatic heterocycles. The van der Waals surface area contributed by atoms with Crippen molar-refractivity contribution in [3.05, 3.63) is 71.8 Å². The normalized spacial score (nSPS) is 12.0. The number of nitrogens with zero attached hydrogens (tertiary/aromatic N) is 1. The predicted molar refractivity (Wildman–Crippen MR) is 85.0 cm³/mol. The molecule has 5 heteroatoms. The van der Waals surface area contributed by atoms with Gasteiger partial charge in [0.1, 0.15) is 0 Å². The number of hydrogen-bond donors (Lipinski definition) is 1. The van der Waals surface area contributed by atoms with E-state index in [2.05, 4.69) is 0 Å². The molecule has 0 radical (unpaired) electrons. The number of rotatable bonds is 6. The Morgan fingerprint density at radius 2 is 1.29 bits per heavy atom. The first-order valence-electron chi connectivity index (χ1n) is 6.80. The van der Waals surface area contributed by atoms with Gasteiger partial charge in [-0.05, 0) is 24.0 Å². The fourth-order valence-corrected chi connectivity index (χ4v) is 2.87. The highest BCUT2D eigenvalue weighted by molar-refractivity contribution is 7.86. The van der Waals surface area contributed by atoms with E-state index in [9.17, 15) is 8.42 Å². The number of benzene rings is 2. The van der Waals surface area contributed by atoms with Gasteiger partial charge in [0.25, 0.3) is 10.2 Å². The van der Waals surface area contributed by atoms with Crippen LogP contribution in [0.5, 0.6) is 0 Å². The molecule has 112 valence electrons. The van der Waals surface area contributed by atoms with E-state index < -0.39 is 10.2 Å². The Bertz CT molecular complexity index is 616. The minimum Gasteiger partial charge on any atom is -0.216 e. The Morgan fingerprint density at radius 1 is 0.905 bits per heavy atom. The van der Waals surface area contributed by atoms with Crippen LogP contribution < -0.4 is 5.14 Å². The van der Waals surface area contributed by atoms with Gasteiger partial charge in [-0.15, -0.1) is 0 Å². The third-order valence-electron chi connectivity index (χ3n) is 3.54. The first kappa shape index (κ1) is 15.7. The Balaban J connectivity index is 2.22. The first-order valence-corrected chi connectivity index (χ1v) is 8.31. The lowest BCUT2D eigenvalue weighted by atomic mass is 9.99. The second-order valence-corrected chi connectivity index (χ2v) is 6.70. The Kier molecular flexibility index (Phi) is 5.12. The zero-order valence-corrected chi connectivity index (χ0v) is 12.8. The van der Waals surface area contributed by atoms with E-state index in [1.807, 2.05) is 60.7 Å². The summed E-state index contributed by atoms with van der Waals surface area (Å²) in [6.45, 7) is 0. The summed E-state index contributed by atoms with van der Waals surface area (Å²) in [6, 6.07) is 19.5. The van der Waals surface area contributed by atoms with Gasteiger partial charge in [-0.1, -0.05) is 60.7 Å². The molecule has 0 heterocycles. The third-order valence-corrected chi connectivity index (χ3v) is 4.64. The van der Waals surface area contributed by atoms with Gasteiger partial charge in [0.15, 0.2) is 0 Å². The molecule has 0 atom stereocenters. The van der Waals surface area contributed by atoms with Crippen molar-refractivity contribution in [2.24, 2.45) is 5.14 Å². The van der Waals surface area contributed by atoms with Crippen molar-refractivity contribution >= 4 is 10.2 Å². The fraction of sp³-hybridized carbons (Fsp3) is 0.250. The molecule has 0 unspecified atom stereocenters. The summed E-state index contributed by atoms with van der Waals surface area (Å²) in [5.74, 6) is 0. The molecular weight excluding hydrogens is 284 g/mol. The molecule has 0 spiro atoms. The fourth-order valence-electron chi connectivity index (χ4n) is 2.31. The largest absolute Gasteiger partial charge is 0.276 e. The maximum Gasteiger partial charge on any atom is 0.276 e. The van der Waals surface area contributed by atoms with E-state index in [0.29, 0.717) is 12.8 Å². The van der Waals surface area contributed by atoms with Gasteiger partial charge in [0.2, 0.25) is 0 Å². The van der Waals surface area contributed by atoms with Crippen LogP contribution >= 0.6 is 0 Å². The second-order valence-electron chi connectivity index (χ2n) is 5.09. The van der Waals surface area contributed by atoms with E-state index in [4.69, 9.17) is 5.14 Å². The van der Waals surface area contributed by atoms with Crippen LogP contribution in [0.4, 0.5) is 0 Å². The molecule has 0 fully saturated rings. The van der Waals surface area contributed by atoms with Crippen LogP contribution in [0.2, 0.25) is 0 Å².